The van der Waals surface area contributed by atoms with Crippen molar-refractivity contribution in [2.24, 2.45) is 5.73 Å². The van der Waals surface area contributed by atoms with Crippen molar-refractivity contribution < 1.29 is 18.0 Å². The number of piperidine rings is 1. The minimum atomic E-state index is -4.43. The van der Waals surface area contributed by atoms with E-state index in [4.69, 9.17) is 5.73 Å². The molecule has 0 spiro atoms. The number of aromatic nitrogens is 2. The molecule has 2 heterocycles. The van der Waals surface area contributed by atoms with Gasteiger partial charge >= 0.3 is 6.18 Å². The Balaban J connectivity index is 1.82. The molecular formula is C17H19F3N4O. The average Bonchev–Trinajstić information content (AvgIpc) is 3.04. The molecule has 1 amide bonds. The maximum Gasteiger partial charge on any atom is 0.416 e. The van der Waals surface area contributed by atoms with Crippen molar-refractivity contribution in [1.82, 2.24) is 14.7 Å². The van der Waals surface area contributed by atoms with Crippen LogP contribution in [-0.4, -0.2) is 39.2 Å². The quantitative estimate of drug-likeness (QED) is 0.904. The van der Waals surface area contributed by atoms with Crippen LogP contribution in [0.15, 0.2) is 36.5 Å². The number of nitrogens with two attached hydrogens (primary N) is 1. The molecular weight excluding hydrogens is 333 g/mol. The van der Waals surface area contributed by atoms with Gasteiger partial charge in [0.15, 0.2) is 5.69 Å². The smallest absolute Gasteiger partial charge is 0.334 e. The summed E-state index contributed by atoms with van der Waals surface area (Å²) in [6.45, 7) is 2.48. The molecule has 0 aliphatic carbocycles. The second-order valence-corrected chi connectivity index (χ2v) is 6.33. The first kappa shape index (κ1) is 17.5. The van der Waals surface area contributed by atoms with Gasteiger partial charge in [0.1, 0.15) is 0 Å². The van der Waals surface area contributed by atoms with Gasteiger partial charge in [0.2, 0.25) is 0 Å². The summed E-state index contributed by atoms with van der Waals surface area (Å²) >= 11 is 0. The van der Waals surface area contributed by atoms with Gasteiger partial charge in [-0.05, 0) is 44.0 Å². The first-order valence-corrected chi connectivity index (χ1v) is 8.05. The number of hydrogen-bond acceptors (Lipinski definition) is 3. The largest absolute Gasteiger partial charge is 0.416 e. The van der Waals surface area contributed by atoms with Crippen molar-refractivity contribution in [2.45, 2.75) is 38.0 Å². The molecule has 0 saturated carbocycles. The number of carbonyl (C=O) groups excluding carboxylic acids is 1. The minimum absolute atomic E-state index is 0.00922. The fraction of sp³-hybridized carbons (Fsp3) is 0.412. The van der Waals surface area contributed by atoms with Gasteiger partial charge in [-0.25, -0.2) is 4.68 Å². The van der Waals surface area contributed by atoms with Gasteiger partial charge in [-0.3, -0.25) is 4.79 Å². The van der Waals surface area contributed by atoms with Gasteiger partial charge < -0.3 is 10.6 Å². The first-order valence-electron chi connectivity index (χ1n) is 8.05. The molecule has 1 saturated heterocycles. The van der Waals surface area contributed by atoms with Crippen LogP contribution >= 0.6 is 0 Å². The Morgan fingerprint density at radius 2 is 2.08 bits per heavy atom. The van der Waals surface area contributed by atoms with Crippen LogP contribution in [0.3, 0.4) is 0 Å². The van der Waals surface area contributed by atoms with Crippen molar-refractivity contribution in [3.05, 3.63) is 47.8 Å². The topological polar surface area (TPSA) is 64.2 Å². The molecule has 0 radical (unpaired) electrons. The van der Waals surface area contributed by atoms with Gasteiger partial charge in [-0.1, -0.05) is 6.07 Å². The van der Waals surface area contributed by atoms with Crippen LogP contribution in [0.25, 0.3) is 5.69 Å². The summed E-state index contributed by atoms with van der Waals surface area (Å²) in [5, 5.41) is 4.16. The van der Waals surface area contributed by atoms with Gasteiger partial charge in [0, 0.05) is 24.8 Å². The van der Waals surface area contributed by atoms with E-state index >= 15 is 0 Å². The molecule has 2 aromatic rings. The van der Waals surface area contributed by atoms with E-state index in [0.717, 1.165) is 25.0 Å². The number of halogens is 3. The molecule has 2 N–H and O–H groups in total. The van der Waals surface area contributed by atoms with Gasteiger partial charge in [-0.15, -0.1) is 0 Å². The number of benzene rings is 1. The summed E-state index contributed by atoms with van der Waals surface area (Å²) < 4.78 is 39.8. The molecule has 0 unspecified atom stereocenters. The Labute approximate surface area is 143 Å². The summed E-state index contributed by atoms with van der Waals surface area (Å²) in [6, 6.07) is 6.44. The Bertz CT molecular complexity index is 771. The SMILES string of the molecule is C[C@@H]1C[C@H](N)CCN1C(=O)c1ccn(-c2cccc(C(F)(F)F)c2)n1. The highest BCUT2D eigenvalue weighted by molar-refractivity contribution is 5.92. The highest BCUT2D eigenvalue weighted by Gasteiger charge is 2.31. The number of likely N-dealkylation sites (tertiary alicyclic amines) is 1. The fourth-order valence-electron chi connectivity index (χ4n) is 3.06. The standard InChI is InChI=1S/C17H19F3N4O/c1-11-9-13(21)5-7-23(11)16(25)15-6-8-24(22-15)14-4-2-3-12(10-14)17(18,19)20/h2-4,6,8,10-11,13H,5,7,9,21H2,1H3/t11-,13-/m1/s1. The number of amides is 1. The van der Waals surface area contributed by atoms with Crippen LogP contribution in [-0.2, 0) is 6.18 Å². The molecule has 1 aliphatic rings. The molecule has 1 aliphatic heterocycles. The van der Waals surface area contributed by atoms with E-state index in [-0.39, 0.29) is 29.4 Å². The number of nitrogens with zero attached hydrogens (tertiary/aromatic N) is 3. The van der Waals surface area contributed by atoms with Crippen LogP contribution in [0.4, 0.5) is 13.2 Å². The third-order valence-electron chi connectivity index (χ3n) is 4.42. The average molecular weight is 352 g/mol. The van der Waals surface area contributed by atoms with E-state index in [9.17, 15) is 18.0 Å². The summed E-state index contributed by atoms with van der Waals surface area (Å²) in [7, 11) is 0. The predicted molar refractivity (Wildman–Crippen MR) is 86.3 cm³/mol. The molecule has 1 aromatic heterocycles. The fourth-order valence-corrected chi connectivity index (χ4v) is 3.06. The summed E-state index contributed by atoms with van der Waals surface area (Å²) in [6.07, 6.45) is -1.49. The van der Waals surface area contributed by atoms with Crippen LogP contribution in [0.2, 0.25) is 0 Å². The Morgan fingerprint density at radius 3 is 2.76 bits per heavy atom. The molecule has 1 aromatic carbocycles. The highest BCUT2D eigenvalue weighted by Crippen LogP contribution is 2.30. The lowest BCUT2D eigenvalue weighted by atomic mass is 9.99. The number of rotatable bonds is 2. The molecule has 2 atom stereocenters. The van der Waals surface area contributed by atoms with E-state index in [1.54, 1.807) is 4.90 Å². The van der Waals surface area contributed by atoms with Crippen LogP contribution < -0.4 is 5.73 Å². The number of hydrogen-bond donors (Lipinski definition) is 1. The zero-order valence-corrected chi connectivity index (χ0v) is 13.7. The Hall–Kier alpha value is -2.35. The first-order chi connectivity index (χ1) is 11.8. The molecule has 0 bridgehead atoms. The van der Waals surface area contributed by atoms with E-state index in [0.29, 0.717) is 6.54 Å². The lowest BCUT2D eigenvalue weighted by molar-refractivity contribution is -0.137. The van der Waals surface area contributed by atoms with Gasteiger partial charge in [0.05, 0.1) is 11.3 Å². The molecule has 25 heavy (non-hydrogen) atoms. The predicted octanol–water partition coefficient (Wildman–Crippen LogP) is 2.84. The van der Waals surface area contributed by atoms with Crippen LogP contribution in [0.5, 0.6) is 0 Å². The maximum atomic E-state index is 12.8. The monoisotopic (exact) mass is 352 g/mol. The normalized spacial score (nSPS) is 21.4. The Kier molecular flexibility index (Phi) is 4.55. The van der Waals surface area contributed by atoms with Crippen molar-refractivity contribution in [3.63, 3.8) is 0 Å². The second-order valence-electron chi connectivity index (χ2n) is 6.33. The summed E-state index contributed by atoms with van der Waals surface area (Å²) in [5.74, 6) is -0.231. The second kappa shape index (κ2) is 6.51. The van der Waals surface area contributed by atoms with E-state index in [2.05, 4.69) is 5.10 Å². The van der Waals surface area contributed by atoms with Crippen molar-refractivity contribution >= 4 is 5.91 Å². The van der Waals surface area contributed by atoms with Crippen LogP contribution in [0, 0.1) is 0 Å². The van der Waals surface area contributed by atoms with E-state index < -0.39 is 11.7 Å². The maximum absolute atomic E-state index is 12.8. The molecule has 5 nitrogen and oxygen atoms in total. The third kappa shape index (κ3) is 3.68. The molecule has 3 rings (SSSR count). The zero-order valence-electron chi connectivity index (χ0n) is 13.7. The van der Waals surface area contributed by atoms with Crippen LogP contribution in [0.1, 0.15) is 35.8 Å². The molecule has 8 heteroatoms. The summed E-state index contributed by atoms with van der Waals surface area (Å²) in [5.41, 5.74) is 5.61. The van der Waals surface area contributed by atoms with Gasteiger partial charge in [-0.2, -0.15) is 18.3 Å². The number of alkyl halides is 3. The van der Waals surface area contributed by atoms with E-state index in [1.165, 1.54) is 29.1 Å². The van der Waals surface area contributed by atoms with Crippen molar-refractivity contribution in [1.29, 1.82) is 0 Å². The lowest BCUT2D eigenvalue weighted by Crippen LogP contribution is -2.48. The van der Waals surface area contributed by atoms with Crippen molar-refractivity contribution in [2.75, 3.05) is 6.54 Å². The van der Waals surface area contributed by atoms with E-state index in [1.807, 2.05) is 6.92 Å². The summed E-state index contributed by atoms with van der Waals surface area (Å²) in [4.78, 5) is 14.3. The molecule has 1 fully saturated rings. The number of carbonyl (C=O) groups is 1. The zero-order chi connectivity index (χ0) is 18.2. The van der Waals surface area contributed by atoms with Gasteiger partial charge in [0.25, 0.3) is 5.91 Å². The lowest BCUT2D eigenvalue weighted by Gasteiger charge is -2.35. The minimum Gasteiger partial charge on any atom is -0.334 e. The third-order valence-corrected chi connectivity index (χ3v) is 4.42. The van der Waals surface area contributed by atoms with Crippen molar-refractivity contribution in [3.8, 4) is 5.69 Å². The molecule has 134 valence electrons. The Morgan fingerprint density at radius 1 is 1.32 bits per heavy atom. The highest BCUT2D eigenvalue weighted by atomic mass is 19.4.